The highest BCUT2D eigenvalue weighted by atomic mass is 16.5. The van der Waals surface area contributed by atoms with Crippen LogP contribution < -0.4 is 15.6 Å². The molecule has 0 spiro atoms. The van der Waals surface area contributed by atoms with Crippen LogP contribution in [0, 0.1) is 5.92 Å². The average molecular weight is 451 g/mol. The fourth-order valence-corrected chi connectivity index (χ4v) is 4.02. The van der Waals surface area contributed by atoms with E-state index in [1.165, 1.54) is 0 Å². The Morgan fingerprint density at radius 2 is 1.82 bits per heavy atom. The van der Waals surface area contributed by atoms with Gasteiger partial charge in [0.1, 0.15) is 11.6 Å². The molecule has 176 valence electrons. The maximum Gasteiger partial charge on any atom is 0.322 e. The number of aromatic nitrogens is 2. The number of urea groups is 1. The van der Waals surface area contributed by atoms with Crippen molar-refractivity contribution >= 4 is 22.6 Å². The highest BCUT2D eigenvalue weighted by Gasteiger charge is 2.29. The summed E-state index contributed by atoms with van der Waals surface area (Å²) < 4.78 is 7.09. The minimum absolute atomic E-state index is 0.0782. The average Bonchev–Trinajstić information content (AvgIpc) is 2.82. The van der Waals surface area contributed by atoms with Gasteiger partial charge in [0, 0.05) is 13.1 Å². The van der Waals surface area contributed by atoms with E-state index in [1.54, 1.807) is 22.6 Å². The number of ether oxygens (including phenoxy) is 1. The second-order valence-corrected chi connectivity index (χ2v) is 8.47. The molecule has 2 amide bonds. The van der Waals surface area contributed by atoms with Gasteiger partial charge in [-0.1, -0.05) is 45.0 Å². The number of hydrogen-bond acceptors (Lipinski definition) is 4. The molecule has 1 unspecified atom stereocenters. The lowest BCUT2D eigenvalue weighted by molar-refractivity contribution is 0.175. The summed E-state index contributed by atoms with van der Waals surface area (Å²) in [6.45, 7) is 9.24. The third-order valence-electron chi connectivity index (χ3n) is 5.83. The lowest BCUT2D eigenvalue weighted by Crippen LogP contribution is -2.42. The zero-order chi connectivity index (χ0) is 24.0. The SMILES string of the molecule is CCC(c1nc2ccccc2c(=O)n1CC)N(CCC(C)C)C(=O)Nc1ccccc1OC. The maximum absolute atomic E-state index is 13.6. The fourth-order valence-electron chi connectivity index (χ4n) is 4.02. The van der Waals surface area contributed by atoms with Gasteiger partial charge in [-0.2, -0.15) is 0 Å². The Hall–Kier alpha value is -3.35. The number of rotatable bonds is 9. The molecule has 0 radical (unpaired) electrons. The van der Waals surface area contributed by atoms with E-state index in [-0.39, 0.29) is 17.6 Å². The molecule has 1 aromatic heterocycles. The van der Waals surface area contributed by atoms with E-state index < -0.39 is 0 Å². The minimum Gasteiger partial charge on any atom is -0.495 e. The lowest BCUT2D eigenvalue weighted by Gasteiger charge is -2.33. The molecule has 0 saturated heterocycles. The lowest BCUT2D eigenvalue weighted by atomic mass is 10.1. The van der Waals surface area contributed by atoms with Gasteiger partial charge in [0.05, 0.1) is 29.7 Å². The van der Waals surface area contributed by atoms with Crippen LogP contribution in [0.3, 0.4) is 0 Å². The second kappa shape index (κ2) is 11.0. The fraction of sp³-hybridized carbons (Fsp3) is 0.423. The molecule has 0 aliphatic rings. The number of fused-ring (bicyclic) bond motifs is 1. The topological polar surface area (TPSA) is 76.5 Å². The standard InChI is InChI=1S/C26H34N4O3/c1-6-22(24-27-20-13-9-8-12-19(20)25(31)29(24)7-2)30(17-16-18(3)4)26(32)28-21-14-10-11-15-23(21)33-5/h8-15,18,22H,6-7,16-17H2,1-5H3,(H,28,32). The second-order valence-electron chi connectivity index (χ2n) is 8.47. The molecule has 0 saturated carbocycles. The molecule has 33 heavy (non-hydrogen) atoms. The van der Waals surface area contributed by atoms with E-state index in [1.807, 2.05) is 56.3 Å². The van der Waals surface area contributed by atoms with Crippen LogP contribution in [0.15, 0.2) is 53.3 Å². The molecule has 1 N–H and O–H groups in total. The van der Waals surface area contributed by atoms with Crippen molar-refractivity contribution in [2.45, 2.75) is 53.1 Å². The van der Waals surface area contributed by atoms with Crippen LogP contribution in [-0.2, 0) is 6.54 Å². The summed E-state index contributed by atoms with van der Waals surface area (Å²) in [5.74, 6) is 1.63. The van der Waals surface area contributed by atoms with Crippen molar-refractivity contribution in [1.82, 2.24) is 14.5 Å². The number of para-hydroxylation sites is 3. The van der Waals surface area contributed by atoms with E-state index in [9.17, 15) is 9.59 Å². The molecule has 7 nitrogen and oxygen atoms in total. The Morgan fingerprint density at radius 1 is 1.12 bits per heavy atom. The largest absolute Gasteiger partial charge is 0.495 e. The molecule has 3 aromatic rings. The highest BCUT2D eigenvalue weighted by Crippen LogP contribution is 2.28. The Morgan fingerprint density at radius 3 is 2.48 bits per heavy atom. The zero-order valence-corrected chi connectivity index (χ0v) is 20.2. The van der Waals surface area contributed by atoms with Crippen LogP contribution >= 0.6 is 0 Å². The first kappa shape index (κ1) is 24.3. The van der Waals surface area contributed by atoms with Crippen molar-refractivity contribution in [2.75, 3.05) is 19.0 Å². The predicted octanol–water partition coefficient (Wildman–Crippen LogP) is 5.46. The monoisotopic (exact) mass is 450 g/mol. The van der Waals surface area contributed by atoms with Crippen LogP contribution in [0.5, 0.6) is 5.75 Å². The smallest absolute Gasteiger partial charge is 0.322 e. The molecular weight excluding hydrogens is 416 g/mol. The van der Waals surface area contributed by atoms with Crippen molar-refractivity contribution in [3.8, 4) is 5.75 Å². The van der Waals surface area contributed by atoms with Crippen LogP contribution in [-0.4, -0.2) is 34.1 Å². The molecule has 2 aromatic carbocycles. The number of amides is 2. The first-order chi connectivity index (χ1) is 15.9. The molecule has 0 aliphatic heterocycles. The Labute approximate surface area is 195 Å². The van der Waals surface area contributed by atoms with Crippen molar-refractivity contribution in [2.24, 2.45) is 5.92 Å². The summed E-state index contributed by atoms with van der Waals surface area (Å²) >= 11 is 0. The van der Waals surface area contributed by atoms with Crippen molar-refractivity contribution in [3.05, 3.63) is 64.7 Å². The molecule has 1 atom stereocenters. The normalized spacial score (nSPS) is 12.1. The van der Waals surface area contributed by atoms with Gasteiger partial charge < -0.3 is 15.0 Å². The van der Waals surface area contributed by atoms with E-state index >= 15 is 0 Å². The van der Waals surface area contributed by atoms with Crippen molar-refractivity contribution in [1.29, 1.82) is 0 Å². The predicted molar refractivity (Wildman–Crippen MR) is 133 cm³/mol. The number of anilines is 1. The van der Waals surface area contributed by atoms with Crippen LogP contribution in [0.25, 0.3) is 10.9 Å². The van der Waals surface area contributed by atoms with Gasteiger partial charge in [-0.05, 0) is 49.9 Å². The van der Waals surface area contributed by atoms with Crippen molar-refractivity contribution in [3.63, 3.8) is 0 Å². The number of hydrogen-bond donors (Lipinski definition) is 1. The summed E-state index contributed by atoms with van der Waals surface area (Å²) in [5, 5.41) is 3.59. The minimum atomic E-state index is -0.351. The van der Waals surface area contributed by atoms with Crippen LogP contribution in [0.1, 0.15) is 52.4 Å². The number of carbonyl (C=O) groups is 1. The molecule has 0 fully saturated rings. The number of methoxy groups -OCH3 is 1. The number of nitrogens with zero attached hydrogens (tertiary/aromatic N) is 3. The van der Waals surface area contributed by atoms with E-state index in [4.69, 9.17) is 9.72 Å². The summed E-state index contributed by atoms with van der Waals surface area (Å²) in [5.41, 5.74) is 1.17. The molecule has 1 heterocycles. The molecular formula is C26H34N4O3. The maximum atomic E-state index is 13.6. The third-order valence-corrected chi connectivity index (χ3v) is 5.83. The van der Waals surface area contributed by atoms with Gasteiger partial charge >= 0.3 is 6.03 Å². The summed E-state index contributed by atoms with van der Waals surface area (Å²) in [4.78, 5) is 33.4. The number of nitrogens with one attached hydrogen (secondary N) is 1. The Kier molecular flexibility index (Phi) is 8.09. The van der Waals surface area contributed by atoms with Gasteiger partial charge in [-0.3, -0.25) is 9.36 Å². The zero-order valence-electron chi connectivity index (χ0n) is 20.2. The number of carbonyl (C=O) groups excluding carboxylic acids is 1. The van der Waals surface area contributed by atoms with E-state index in [0.29, 0.717) is 53.6 Å². The number of benzene rings is 2. The summed E-state index contributed by atoms with van der Waals surface area (Å²) in [6.07, 6.45) is 1.46. The van der Waals surface area contributed by atoms with Crippen LogP contribution in [0.2, 0.25) is 0 Å². The first-order valence-corrected chi connectivity index (χ1v) is 11.6. The Balaban J connectivity index is 2.07. The van der Waals surface area contributed by atoms with Gasteiger partial charge in [0.15, 0.2) is 0 Å². The van der Waals surface area contributed by atoms with Crippen molar-refractivity contribution < 1.29 is 9.53 Å². The van der Waals surface area contributed by atoms with E-state index in [0.717, 1.165) is 6.42 Å². The summed E-state index contributed by atoms with van der Waals surface area (Å²) in [6, 6.07) is 14.1. The molecule has 0 aliphatic carbocycles. The van der Waals surface area contributed by atoms with Gasteiger partial charge in [0.25, 0.3) is 5.56 Å². The van der Waals surface area contributed by atoms with E-state index in [2.05, 4.69) is 19.2 Å². The van der Waals surface area contributed by atoms with Gasteiger partial charge in [-0.25, -0.2) is 9.78 Å². The molecule has 3 rings (SSSR count). The molecule has 0 bridgehead atoms. The van der Waals surface area contributed by atoms with Gasteiger partial charge in [0.2, 0.25) is 0 Å². The molecule has 7 heteroatoms. The van der Waals surface area contributed by atoms with Gasteiger partial charge in [-0.15, -0.1) is 0 Å². The Bertz CT molecular complexity index is 1160. The highest BCUT2D eigenvalue weighted by molar-refractivity contribution is 5.91. The first-order valence-electron chi connectivity index (χ1n) is 11.6. The third kappa shape index (κ3) is 5.35. The van der Waals surface area contributed by atoms with Crippen LogP contribution in [0.4, 0.5) is 10.5 Å². The quantitative estimate of drug-likeness (QED) is 0.470. The summed E-state index contributed by atoms with van der Waals surface area (Å²) in [7, 11) is 1.58.